The van der Waals surface area contributed by atoms with E-state index < -0.39 is 0 Å². The fourth-order valence-corrected chi connectivity index (χ4v) is 3.02. The number of hydrogen-bond donors (Lipinski definition) is 0. The number of hydrogen-bond acceptors (Lipinski definition) is 4. The van der Waals surface area contributed by atoms with Crippen LogP contribution in [0.25, 0.3) is 5.52 Å². The summed E-state index contributed by atoms with van der Waals surface area (Å²) in [4.78, 5) is 15.6. The summed E-state index contributed by atoms with van der Waals surface area (Å²) in [5.74, 6) is 0.0552. The van der Waals surface area contributed by atoms with E-state index >= 15 is 0 Å². The van der Waals surface area contributed by atoms with Crippen molar-refractivity contribution in [2.45, 2.75) is 32.1 Å². The molecule has 1 aliphatic carbocycles. The summed E-state index contributed by atoms with van der Waals surface area (Å²) in [5.41, 5.74) is 3.18. The first-order valence-corrected chi connectivity index (χ1v) is 6.74. The molecule has 5 nitrogen and oxygen atoms in total. The monoisotopic (exact) mass is 279 g/mol. The molecule has 0 saturated carbocycles. The molecule has 19 heavy (non-hydrogen) atoms. The molecular weight excluding hydrogens is 266 g/mol. The summed E-state index contributed by atoms with van der Waals surface area (Å²) in [5, 5.41) is 4.63. The Bertz CT molecular complexity index is 638. The summed E-state index contributed by atoms with van der Waals surface area (Å²) >= 11 is 6.12. The van der Waals surface area contributed by atoms with Crippen LogP contribution in [-0.4, -0.2) is 27.2 Å². The van der Waals surface area contributed by atoms with Gasteiger partial charge in [-0.25, -0.2) is 9.50 Å². The van der Waals surface area contributed by atoms with Crippen LogP contribution in [0.1, 0.15) is 36.8 Å². The lowest BCUT2D eigenvalue weighted by Gasteiger charge is -2.08. The van der Waals surface area contributed by atoms with Gasteiger partial charge in [0.2, 0.25) is 0 Å². The van der Waals surface area contributed by atoms with E-state index in [0.29, 0.717) is 18.2 Å². The standard InChI is InChI=1S/C13H14ClN3O2/c1-2-19-11(18)5-8-3-4-9-10(8)6-17-12(9)13(14)15-7-16-17/h6-8H,2-5H2,1H3. The molecule has 0 amide bonds. The maximum atomic E-state index is 11.6. The van der Waals surface area contributed by atoms with Crippen molar-refractivity contribution < 1.29 is 9.53 Å². The highest BCUT2D eigenvalue weighted by Gasteiger charge is 2.29. The minimum absolute atomic E-state index is 0.146. The van der Waals surface area contributed by atoms with E-state index in [1.807, 2.05) is 13.1 Å². The van der Waals surface area contributed by atoms with Crippen molar-refractivity contribution in [1.29, 1.82) is 0 Å². The highest BCUT2D eigenvalue weighted by atomic mass is 35.5. The molecule has 2 aromatic heterocycles. The van der Waals surface area contributed by atoms with Gasteiger partial charge in [-0.1, -0.05) is 11.6 Å². The van der Waals surface area contributed by atoms with Crippen molar-refractivity contribution in [1.82, 2.24) is 14.6 Å². The predicted octanol–water partition coefficient (Wildman–Crippen LogP) is 2.37. The Hall–Kier alpha value is -1.62. The van der Waals surface area contributed by atoms with Crippen LogP contribution in [0.3, 0.4) is 0 Å². The molecule has 1 atom stereocenters. The number of aryl methyl sites for hydroxylation is 1. The van der Waals surface area contributed by atoms with Crippen molar-refractivity contribution in [3.8, 4) is 0 Å². The summed E-state index contributed by atoms with van der Waals surface area (Å²) in [6, 6.07) is 0. The van der Waals surface area contributed by atoms with Crippen molar-refractivity contribution in [2.24, 2.45) is 0 Å². The topological polar surface area (TPSA) is 56.5 Å². The molecule has 0 saturated heterocycles. The van der Waals surface area contributed by atoms with Gasteiger partial charge in [0.15, 0.2) is 5.15 Å². The maximum Gasteiger partial charge on any atom is 0.306 e. The Morgan fingerprint density at radius 1 is 1.63 bits per heavy atom. The van der Waals surface area contributed by atoms with Gasteiger partial charge in [-0.3, -0.25) is 4.79 Å². The molecule has 0 aromatic carbocycles. The normalized spacial score (nSPS) is 17.7. The third-order valence-electron chi connectivity index (χ3n) is 3.57. The number of carbonyl (C=O) groups excluding carboxylic acids is 1. The van der Waals surface area contributed by atoms with Gasteiger partial charge in [0, 0.05) is 6.20 Å². The minimum Gasteiger partial charge on any atom is -0.466 e. The first-order chi connectivity index (χ1) is 9.20. The zero-order valence-electron chi connectivity index (χ0n) is 10.6. The van der Waals surface area contributed by atoms with Crippen LogP contribution in [0.5, 0.6) is 0 Å². The Labute approximate surface area is 115 Å². The number of esters is 1. The van der Waals surface area contributed by atoms with E-state index in [1.54, 1.807) is 4.52 Å². The zero-order chi connectivity index (χ0) is 13.4. The molecule has 2 heterocycles. The van der Waals surface area contributed by atoms with E-state index in [0.717, 1.165) is 23.9 Å². The zero-order valence-corrected chi connectivity index (χ0v) is 11.4. The van der Waals surface area contributed by atoms with Crippen LogP contribution in [0.2, 0.25) is 5.15 Å². The Morgan fingerprint density at radius 3 is 3.26 bits per heavy atom. The molecule has 0 radical (unpaired) electrons. The molecular formula is C13H14ClN3O2. The Balaban J connectivity index is 1.95. The van der Waals surface area contributed by atoms with Crippen LogP contribution >= 0.6 is 11.6 Å². The molecule has 100 valence electrons. The fraction of sp³-hybridized carbons (Fsp3) is 0.462. The molecule has 0 spiro atoms. The van der Waals surface area contributed by atoms with Crippen LogP contribution in [0.4, 0.5) is 0 Å². The highest BCUT2D eigenvalue weighted by molar-refractivity contribution is 6.32. The summed E-state index contributed by atoms with van der Waals surface area (Å²) in [6.45, 7) is 2.24. The second-order valence-electron chi connectivity index (χ2n) is 4.65. The van der Waals surface area contributed by atoms with Crippen LogP contribution in [0, 0.1) is 0 Å². The van der Waals surface area contributed by atoms with E-state index in [2.05, 4.69) is 10.1 Å². The third-order valence-corrected chi connectivity index (χ3v) is 3.84. The van der Waals surface area contributed by atoms with E-state index in [1.165, 1.54) is 11.9 Å². The van der Waals surface area contributed by atoms with Gasteiger partial charge in [0.1, 0.15) is 11.8 Å². The van der Waals surface area contributed by atoms with Crippen LogP contribution in [-0.2, 0) is 16.0 Å². The number of halogens is 1. The number of carbonyl (C=O) groups is 1. The molecule has 0 N–H and O–H groups in total. The molecule has 1 unspecified atom stereocenters. The lowest BCUT2D eigenvalue weighted by Crippen LogP contribution is -2.08. The Morgan fingerprint density at radius 2 is 2.47 bits per heavy atom. The van der Waals surface area contributed by atoms with E-state index in [4.69, 9.17) is 16.3 Å². The number of rotatable bonds is 3. The van der Waals surface area contributed by atoms with Crippen molar-refractivity contribution in [2.75, 3.05) is 6.61 Å². The molecule has 0 aliphatic heterocycles. The molecule has 6 heteroatoms. The third kappa shape index (κ3) is 2.08. The predicted molar refractivity (Wildman–Crippen MR) is 70.3 cm³/mol. The molecule has 2 aromatic rings. The SMILES string of the molecule is CCOC(=O)CC1CCc2c1cn1ncnc(Cl)c21. The van der Waals surface area contributed by atoms with Crippen molar-refractivity contribution >= 4 is 23.1 Å². The molecule has 1 aliphatic rings. The first-order valence-electron chi connectivity index (χ1n) is 6.37. The van der Waals surface area contributed by atoms with Gasteiger partial charge >= 0.3 is 5.97 Å². The van der Waals surface area contributed by atoms with Gasteiger partial charge in [-0.05, 0) is 36.8 Å². The average molecular weight is 280 g/mol. The maximum absolute atomic E-state index is 11.6. The first kappa shape index (κ1) is 12.4. The average Bonchev–Trinajstić information content (AvgIpc) is 2.90. The van der Waals surface area contributed by atoms with Crippen LogP contribution in [0.15, 0.2) is 12.5 Å². The van der Waals surface area contributed by atoms with Gasteiger partial charge in [0.05, 0.1) is 13.0 Å². The molecule has 3 rings (SSSR count). The number of ether oxygens (including phenoxy) is 1. The summed E-state index contributed by atoms with van der Waals surface area (Å²) in [6.07, 6.45) is 5.66. The number of nitrogens with zero attached hydrogens (tertiary/aromatic N) is 3. The quantitative estimate of drug-likeness (QED) is 0.810. The van der Waals surface area contributed by atoms with Crippen molar-refractivity contribution in [3.05, 3.63) is 28.8 Å². The second-order valence-corrected chi connectivity index (χ2v) is 5.01. The lowest BCUT2D eigenvalue weighted by atomic mass is 10.0. The van der Waals surface area contributed by atoms with Gasteiger partial charge in [-0.2, -0.15) is 5.10 Å². The Kier molecular flexibility index (Phi) is 3.14. The molecule has 0 bridgehead atoms. The molecule has 0 fully saturated rings. The highest BCUT2D eigenvalue weighted by Crippen LogP contribution is 2.39. The smallest absolute Gasteiger partial charge is 0.306 e. The largest absolute Gasteiger partial charge is 0.466 e. The van der Waals surface area contributed by atoms with Gasteiger partial charge in [0.25, 0.3) is 0 Å². The minimum atomic E-state index is -0.146. The van der Waals surface area contributed by atoms with Crippen molar-refractivity contribution in [3.63, 3.8) is 0 Å². The lowest BCUT2D eigenvalue weighted by molar-refractivity contribution is -0.143. The summed E-state index contributed by atoms with van der Waals surface area (Å²) in [7, 11) is 0. The second kappa shape index (κ2) is 4.81. The van der Waals surface area contributed by atoms with E-state index in [9.17, 15) is 4.79 Å². The van der Waals surface area contributed by atoms with Gasteiger partial charge in [-0.15, -0.1) is 0 Å². The summed E-state index contributed by atoms with van der Waals surface area (Å²) < 4.78 is 6.76. The number of aromatic nitrogens is 3. The van der Waals surface area contributed by atoms with E-state index in [-0.39, 0.29) is 11.9 Å². The van der Waals surface area contributed by atoms with Gasteiger partial charge < -0.3 is 4.74 Å². The fourth-order valence-electron chi connectivity index (χ4n) is 2.77. The number of fused-ring (bicyclic) bond motifs is 3. The van der Waals surface area contributed by atoms with Crippen LogP contribution < -0.4 is 0 Å².